The number of hydrogen-bond acceptors (Lipinski definition) is 6. The molecule has 174 valence electrons. The third-order valence-electron chi connectivity index (χ3n) is 6.15. The molecule has 2 saturated heterocycles. The highest BCUT2D eigenvalue weighted by molar-refractivity contribution is 6.30. The Hall–Kier alpha value is -1.90. The molecule has 2 N–H and O–H groups in total. The van der Waals surface area contributed by atoms with E-state index < -0.39 is 11.2 Å². The summed E-state index contributed by atoms with van der Waals surface area (Å²) in [6.07, 6.45) is 1.14. The fourth-order valence-corrected chi connectivity index (χ4v) is 4.52. The van der Waals surface area contributed by atoms with E-state index in [9.17, 15) is 14.6 Å². The van der Waals surface area contributed by atoms with Crippen molar-refractivity contribution in [1.82, 2.24) is 4.90 Å². The van der Waals surface area contributed by atoms with Crippen LogP contribution >= 0.6 is 11.6 Å². The number of aliphatic hydroxyl groups is 2. The first-order chi connectivity index (χ1) is 15.3. The van der Waals surface area contributed by atoms with Gasteiger partial charge in [0.25, 0.3) is 0 Å². The van der Waals surface area contributed by atoms with Gasteiger partial charge >= 0.3 is 0 Å². The lowest BCUT2D eigenvalue weighted by molar-refractivity contribution is -0.0742. The van der Waals surface area contributed by atoms with Gasteiger partial charge in [-0.25, -0.2) is 4.39 Å². The third-order valence-corrected chi connectivity index (χ3v) is 6.40. The lowest BCUT2D eigenvalue weighted by Gasteiger charge is -2.42. The van der Waals surface area contributed by atoms with Crippen LogP contribution in [-0.4, -0.2) is 78.9 Å². The third kappa shape index (κ3) is 6.11. The molecule has 2 fully saturated rings. The number of nitrogens with zero attached hydrogens (tertiary/aromatic N) is 2. The van der Waals surface area contributed by atoms with Gasteiger partial charge in [0, 0.05) is 43.4 Å². The minimum Gasteiger partial charge on any atom is -0.490 e. The van der Waals surface area contributed by atoms with E-state index in [1.54, 1.807) is 30.3 Å². The van der Waals surface area contributed by atoms with Crippen molar-refractivity contribution in [2.24, 2.45) is 0 Å². The van der Waals surface area contributed by atoms with E-state index in [4.69, 9.17) is 21.1 Å². The second-order valence-electron chi connectivity index (χ2n) is 8.92. The molecule has 1 atom stereocenters. The maximum Gasteiger partial charge on any atom is 0.134 e. The Balaban J connectivity index is 1.33. The van der Waals surface area contributed by atoms with Crippen molar-refractivity contribution in [1.29, 1.82) is 0 Å². The van der Waals surface area contributed by atoms with Gasteiger partial charge in [-0.1, -0.05) is 17.7 Å². The summed E-state index contributed by atoms with van der Waals surface area (Å²) in [5, 5.41) is 23.0. The minimum atomic E-state index is -1.19. The van der Waals surface area contributed by atoms with Crippen LogP contribution in [0.25, 0.3) is 0 Å². The fraction of sp³-hybridized carbons (Fsp3) is 0.500. The molecule has 2 aliphatic heterocycles. The Labute approximate surface area is 193 Å². The summed E-state index contributed by atoms with van der Waals surface area (Å²) in [5.74, 6) is 0.370. The highest BCUT2D eigenvalue weighted by Crippen LogP contribution is 2.28. The largest absolute Gasteiger partial charge is 0.490 e. The quantitative estimate of drug-likeness (QED) is 0.685. The molecule has 0 spiro atoms. The van der Waals surface area contributed by atoms with Gasteiger partial charge < -0.3 is 24.6 Å². The normalized spacial score (nSPS) is 24.2. The number of rotatable bonds is 6. The van der Waals surface area contributed by atoms with Crippen LogP contribution < -0.4 is 9.64 Å². The standard InChI is InChI=1S/C24H30ClFN2O4/c25-19-4-6-22(7-5-19)32-18-24(30)16-27(12-13-31-17-24)15-23(29)8-10-28(11-9-23)21-3-1-2-20(26)14-21/h1-7,14,29-30H,8-13,15-18H2. The first-order valence-electron chi connectivity index (χ1n) is 11.0. The van der Waals surface area contributed by atoms with Crippen molar-refractivity contribution in [3.05, 3.63) is 59.4 Å². The van der Waals surface area contributed by atoms with E-state index in [-0.39, 0.29) is 19.0 Å². The van der Waals surface area contributed by atoms with Gasteiger partial charge in [-0.15, -0.1) is 0 Å². The summed E-state index contributed by atoms with van der Waals surface area (Å²) in [6.45, 7) is 3.43. The van der Waals surface area contributed by atoms with Crippen LogP contribution in [0.15, 0.2) is 48.5 Å². The minimum absolute atomic E-state index is 0.0803. The molecule has 32 heavy (non-hydrogen) atoms. The molecule has 2 heterocycles. The first-order valence-corrected chi connectivity index (χ1v) is 11.3. The molecular formula is C24H30ClFN2O4. The first kappa shape index (κ1) is 23.3. The van der Waals surface area contributed by atoms with E-state index in [1.807, 2.05) is 6.07 Å². The number of β-amino-alcohol motifs (C(OH)–C–C–N with tert-alkyl or cyclic N) is 2. The predicted octanol–water partition coefficient (Wildman–Crippen LogP) is 2.95. The van der Waals surface area contributed by atoms with Crippen molar-refractivity contribution >= 4 is 17.3 Å². The summed E-state index contributed by atoms with van der Waals surface area (Å²) in [4.78, 5) is 4.15. The molecular weight excluding hydrogens is 435 g/mol. The Kier molecular flexibility index (Phi) is 7.22. The number of benzene rings is 2. The molecule has 2 aromatic rings. The van der Waals surface area contributed by atoms with Crippen LogP contribution in [0.1, 0.15) is 12.8 Å². The molecule has 4 rings (SSSR count). The highest BCUT2D eigenvalue weighted by Gasteiger charge is 2.39. The number of anilines is 1. The number of hydrogen-bond donors (Lipinski definition) is 2. The zero-order chi connectivity index (χ0) is 22.6. The molecule has 2 aromatic carbocycles. The highest BCUT2D eigenvalue weighted by atomic mass is 35.5. The van der Waals surface area contributed by atoms with E-state index in [1.165, 1.54) is 12.1 Å². The number of piperidine rings is 1. The average molecular weight is 465 g/mol. The van der Waals surface area contributed by atoms with Crippen LogP contribution in [0.4, 0.5) is 10.1 Å². The van der Waals surface area contributed by atoms with Crippen LogP contribution in [0.2, 0.25) is 5.02 Å². The van der Waals surface area contributed by atoms with Gasteiger partial charge in [-0.2, -0.15) is 0 Å². The van der Waals surface area contributed by atoms with Crippen LogP contribution in [0.3, 0.4) is 0 Å². The molecule has 0 aromatic heterocycles. The van der Waals surface area contributed by atoms with Gasteiger partial charge in [0.05, 0.1) is 18.8 Å². The van der Waals surface area contributed by atoms with Crippen molar-refractivity contribution in [3.63, 3.8) is 0 Å². The number of ether oxygens (including phenoxy) is 2. The average Bonchev–Trinajstić information content (AvgIpc) is 2.95. The Bertz CT molecular complexity index is 892. The Morgan fingerprint density at radius 2 is 1.78 bits per heavy atom. The van der Waals surface area contributed by atoms with Crippen molar-refractivity contribution in [3.8, 4) is 5.75 Å². The molecule has 0 amide bonds. The van der Waals surface area contributed by atoms with E-state index in [0.29, 0.717) is 62.9 Å². The summed E-state index contributed by atoms with van der Waals surface area (Å²) < 4.78 is 25.0. The maximum atomic E-state index is 13.5. The van der Waals surface area contributed by atoms with Gasteiger partial charge in [-0.05, 0) is 55.3 Å². The Morgan fingerprint density at radius 3 is 2.50 bits per heavy atom. The van der Waals surface area contributed by atoms with Crippen molar-refractivity contribution < 1.29 is 24.1 Å². The lowest BCUT2D eigenvalue weighted by atomic mass is 9.90. The second kappa shape index (κ2) is 9.93. The topological polar surface area (TPSA) is 65.4 Å². The molecule has 0 aliphatic carbocycles. The molecule has 8 heteroatoms. The molecule has 0 saturated carbocycles. The van der Waals surface area contributed by atoms with Crippen molar-refractivity contribution in [2.75, 3.05) is 57.4 Å². The van der Waals surface area contributed by atoms with Gasteiger partial charge in [0.15, 0.2) is 0 Å². The van der Waals surface area contributed by atoms with Crippen LogP contribution in [0.5, 0.6) is 5.75 Å². The maximum absolute atomic E-state index is 13.5. The summed E-state index contributed by atoms with van der Waals surface area (Å²) in [7, 11) is 0. The zero-order valence-corrected chi connectivity index (χ0v) is 18.8. The smallest absolute Gasteiger partial charge is 0.134 e. The predicted molar refractivity (Wildman–Crippen MR) is 122 cm³/mol. The monoisotopic (exact) mass is 464 g/mol. The second-order valence-corrected chi connectivity index (χ2v) is 9.36. The van der Waals surface area contributed by atoms with Gasteiger partial charge in [0.2, 0.25) is 0 Å². The van der Waals surface area contributed by atoms with Gasteiger partial charge in [0.1, 0.15) is 23.8 Å². The van der Waals surface area contributed by atoms with Crippen molar-refractivity contribution in [2.45, 2.75) is 24.0 Å². The van der Waals surface area contributed by atoms with Crippen LogP contribution in [0, 0.1) is 5.82 Å². The molecule has 1 unspecified atom stereocenters. The summed E-state index contributed by atoms with van der Waals surface area (Å²) in [5.41, 5.74) is -1.22. The van der Waals surface area contributed by atoms with E-state index in [2.05, 4.69) is 9.80 Å². The lowest BCUT2D eigenvalue weighted by Crippen LogP contribution is -2.55. The molecule has 0 bridgehead atoms. The zero-order valence-electron chi connectivity index (χ0n) is 18.1. The van der Waals surface area contributed by atoms with E-state index in [0.717, 1.165) is 5.69 Å². The van der Waals surface area contributed by atoms with E-state index >= 15 is 0 Å². The van der Waals surface area contributed by atoms with Gasteiger partial charge in [-0.3, -0.25) is 4.90 Å². The summed E-state index contributed by atoms with van der Waals surface area (Å²) >= 11 is 5.91. The van der Waals surface area contributed by atoms with Crippen LogP contribution in [-0.2, 0) is 4.74 Å². The molecule has 6 nitrogen and oxygen atoms in total. The molecule has 0 radical (unpaired) electrons. The Morgan fingerprint density at radius 1 is 1.03 bits per heavy atom. The SMILES string of the molecule is OC1(CN2CCOCC(O)(COc3ccc(Cl)cc3)C2)CCN(c2cccc(F)c2)CC1. The fourth-order valence-electron chi connectivity index (χ4n) is 4.40. The summed E-state index contributed by atoms with van der Waals surface area (Å²) in [6, 6.07) is 13.5. The number of halogens is 2. The molecule has 2 aliphatic rings.